The Morgan fingerprint density at radius 3 is 2.24 bits per heavy atom. The second-order valence-corrected chi connectivity index (χ2v) is 4.99. The van der Waals surface area contributed by atoms with Crippen LogP contribution < -0.4 is 17.0 Å². The number of rotatable bonds is 3. The van der Waals surface area contributed by atoms with Gasteiger partial charge in [-0.2, -0.15) is 0 Å². The predicted molar refractivity (Wildman–Crippen MR) is 88.3 cm³/mol. The molecule has 0 saturated carbocycles. The molecule has 0 saturated heterocycles. The molecule has 5 N–H and O–H groups in total. The Bertz CT molecular complexity index is 860. The van der Waals surface area contributed by atoms with Crippen molar-refractivity contribution in [3.8, 4) is 12.3 Å². The van der Waals surface area contributed by atoms with E-state index in [2.05, 4.69) is 29.5 Å². The molecular formula is C18H17N3. The average Bonchev–Trinajstić information content (AvgIpc) is 2.54. The van der Waals surface area contributed by atoms with Crippen LogP contribution in [0, 0.1) is 12.3 Å². The molecule has 0 heterocycles. The molecule has 104 valence electrons. The van der Waals surface area contributed by atoms with E-state index in [1.165, 1.54) is 5.39 Å². The third-order valence-electron chi connectivity index (χ3n) is 3.90. The summed E-state index contributed by atoms with van der Waals surface area (Å²) in [5.41, 5.74) is 11.9. The first-order chi connectivity index (χ1) is 10.3. The van der Waals surface area contributed by atoms with Crippen LogP contribution in [0.2, 0.25) is 0 Å². The molecule has 3 rings (SSSR count). The molecule has 0 aromatic heterocycles. The standard InChI is InChI=1S/C18H17N3/c1-2-12-7-8-15-16(9-12)18(11-21-20)14-6-4-3-5-13(14)17(15)10-19/h1,3-9,21H,10-11,19-20H2. The molecule has 3 heteroatoms. The lowest BCUT2D eigenvalue weighted by molar-refractivity contribution is 0.749. The van der Waals surface area contributed by atoms with Crippen molar-refractivity contribution in [2.75, 3.05) is 0 Å². The highest BCUT2D eigenvalue weighted by Gasteiger charge is 2.12. The topological polar surface area (TPSA) is 64.1 Å². The molecule has 0 bridgehead atoms. The van der Waals surface area contributed by atoms with E-state index in [-0.39, 0.29) is 0 Å². The Kier molecular flexibility index (Phi) is 3.59. The molecular weight excluding hydrogens is 258 g/mol. The SMILES string of the molecule is C#Cc1ccc2c(CN)c3ccccc3c(CNN)c2c1. The molecule has 3 aromatic carbocycles. The van der Waals surface area contributed by atoms with E-state index in [1.807, 2.05) is 24.3 Å². The molecule has 0 amide bonds. The van der Waals surface area contributed by atoms with Crippen LogP contribution in [0.4, 0.5) is 0 Å². The Balaban J connectivity index is 2.53. The van der Waals surface area contributed by atoms with Gasteiger partial charge in [0.25, 0.3) is 0 Å². The Labute approximate surface area is 123 Å². The lowest BCUT2D eigenvalue weighted by atomic mass is 9.91. The minimum atomic E-state index is 0.489. The van der Waals surface area contributed by atoms with Crippen molar-refractivity contribution < 1.29 is 0 Å². The number of hydrogen-bond donors (Lipinski definition) is 3. The molecule has 3 nitrogen and oxygen atoms in total. The van der Waals surface area contributed by atoms with Gasteiger partial charge in [0.15, 0.2) is 0 Å². The third-order valence-corrected chi connectivity index (χ3v) is 3.90. The summed E-state index contributed by atoms with van der Waals surface area (Å²) in [7, 11) is 0. The van der Waals surface area contributed by atoms with Crippen molar-refractivity contribution in [3.05, 3.63) is 59.2 Å². The molecule has 0 aliphatic heterocycles. The number of hydrazine groups is 1. The number of fused-ring (bicyclic) bond motifs is 2. The van der Waals surface area contributed by atoms with Crippen molar-refractivity contribution in [1.82, 2.24) is 5.43 Å². The number of terminal acetylenes is 1. The summed E-state index contributed by atoms with van der Waals surface area (Å²) in [5.74, 6) is 8.26. The minimum absolute atomic E-state index is 0.489. The molecule has 0 fully saturated rings. The Morgan fingerprint density at radius 2 is 1.62 bits per heavy atom. The zero-order valence-electron chi connectivity index (χ0n) is 11.7. The summed E-state index contributed by atoms with van der Waals surface area (Å²) in [4.78, 5) is 0. The van der Waals surface area contributed by atoms with Gasteiger partial charge < -0.3 is 5.73 Å². The molecule has 0 radical (unpaired) electrons. The van der Waals surface area contributed by atoms with Gasteiger partial charge in [-0.05, 0) is 44.8 Å². The fourth-order valence-electron chi connectivity index (χ4n) is 2.96. The predicted octanol–water partition coefficient (Wildman–Crippen LogP) is 2.40. The van der Waals surface area contributed by atoms with Gasteiger partial charge in [0.2, 0.25) is 0 Å². The van der Waals surface area contributed by atoms with Crippen molar-refractivity contribution in [1.29, 1.82) is 0 Å². The highest BCUT2D eigenvalue weighted by Crippen LogP contribution is 2.33. The normalized spacial score (nSPS) is 10.9. The average molecular weight is 275 g/mol. The van der Waals surface area contributed by atoms with Crippen LogP contribution >= 0.6 is 0 Å². The van der Waals surface area contributed by atoms with E-state index in [0.717, 1.165) is 32.8 Å². The van der Waals surface area contributed by atoms with Crippen LogP contribution in [0.5, 0.6) is 0 Å². The number of benzene rings is 3. The summed E-state index contributed by atoms with van der Waals surface area (Å²) in [6.45, 7) is 1.07. The van der Waals surface area contributed by atoms with Crippen molar-refractivity contribution in [3.63, 3.8) is 0 Å². The van der Waals surface area contributed by atoms with Crippen LogP contribution in [0.3, 0.4) is 0 Å². The van der Waals surface area contributed by atoms with E-state index in [4.69, 9.17) is 18.0 Å². The zero-order chi connectivity index (χ0) is 14.8. The molecule has 0 aliphatic carbocycles. The van der Waals surface area contributed by atoms with E-state index < -0.39 is 0 Å². The fourth-order valence-corrected chi connectivity index (χ4v) is 2.96. The maximum absolute atomic E-state index is 6.00. The van der Waals surface area contributed by atoms with Gasteiger partial charge in [-0.25, -0.2) is 0 Å². The van der Waals surface area contributed by atoms with Crippen LogP contribution in [0.1, 0.15) is 16.7 Å². The first-order valence-corrected chi connectivity index (χ1v) is 6.86. The van der Waals surface area contributed by atoms with Crippen molar-refractivity contribution in [2.45, 2.75) is 13.1 Å². The molecule has 3 aromatic rings. The summed E-state index contributed by atoms with van der Waals surface area (Å²) >= 11 is 0. The Hall–Kier alpha value is -2.38. The van der Waals surface area contributed by atoms with E-state index in [9.17, 15) is 0 Å². The van der Waals surface area contributed by atoms with Crippen molar-refractivity contribution in [2.24, 2.45) is 11.6 Å². The second kappa shape index (κ2) is 5.55. The van der Waals surface area contributed by atoms with Crippen LogP contribution in [0.15, 0.2) is 42.5 Å². The second-order valence-electron chi connectivity index (χ2n) is 4.99. The van der Waals surface area contributed by atoms with Crippen molar-refractivity contribution >= 4 is 21.5 Å². The molecule has 0 aliphatic rings. The van der Waals surface area contributed by atoms with Gasteiger partial charge in [0.1, 0.15) is 0 Å². The van der Waals surface area contributed by atoms with Gasteiger partial charge in [-0.15, -0.1) is 6.42 Å². The van der Waals surface area contributed by atoms with Crippen LogP contribution in [-0.4, -0.2) is 0 Å². The summed E-state index contributed by atoms with van der Waals surface area (Å²) < 4.78 is 0. The first kappa shape index (κ1) is 13.6. The smallest absolute Gasteiger partial charge is 0.0361 e. The highest BCUT2D eigenvalue weighted by atomic mass is 15.2. The van der Waals surface area contributed by atoms with Crippen LogP contribution in [0.25, 0.3) is 21.5 Å². The van der Waals surface area contributed by atoms with Crippen LogP contribution in [-0.2, 0) is 13.1 Å². The van der Waals surface area contributed by atoms with Gasteiger partial charge in [-0.3, -0.25) is 11.3 Å². The highest BCUT2D eigenvalue weighted by molar-refractivity contribution is 6.06. The summed E-state index contributed by atoms with van der Waals surface area (Å²) in [6, 6.07) is 14.3. The summed E-state index contributed by atoms with van der Waals surface area (Å²) in [5, 5.41) is 4.59. The van der Waals surface area contributed by atoms with Gasteiger partial charge in [0.05, 0.1) is 0 Å². The van der Waals surface area contributed by atoms with E-state index in [0.29, 0.717) is 13.1 Å². The maximum Gasteiger partial charge on any atom is 0.0361 e. The molecule has 21 heavy (non-hydrogen) atoms. The van der Waals surface area contributed by atoms with Gasteiger partial charge in [-0.1, -0.05) is 36.3 Å². The number of nitrogens with two attached hydrogens (primary N) is 2. The maximum atomic E-state index is 6.00. The molecule has 0 spiro atoms. The third kappa shape index (κ3) is 2.16. The lowest BCUT2D eigenvalue weighted by Gasteiger charge is -2.16. The number of nitrogens with one attached hydrogen (secondary N) is 1. The summed E-state index contributed by atoms with van der Waals surface area (Å²) in [6.07, 6.45) is 5.53. The first-order valence-electron chi connectivity index (χ1n) is 6.86. The minimum Gasteiger partial charge on any atom is -0.326 e. The lowest BCUT2D eigenvalue weighted by Crippen LogP contribution is -2.21. The Morgan fingerprint density at radius 1 is 0.952 bits per heavy atom. The van der Waals surface area contributed by atoms with E-state index >= 15 is 0 Å². The molecule has 0 unspecified atom stereocenters. The quantitative estimate of drug-likeness (QED) is 0.298. The largest absolute Gasteiger partial charge is 0.326 e. The monoisotopic (exact) mass is 275 g/mol. The van der Waals surface area contributed by atoms with Gasteiger partial charge >= 0.3 is 0 Å². The number of hydrogen-bond acceptors (Lipinski definition) is 3. The molecule has 0 atom stereocenters. The zero-order valence-corrected chi connectivity index (χ0v) is 11.7. The van der Waals surface area contributed by atoms with Gasteiger partial charge in [0, 0.05) is 18.7 Å². The fraction of sp³-hybridized carbons (Fsp3) is 0.111. The van der Waals surface area contributed by atoms with E-state index in [1.54, 1.807) is 0 Å².